The molecule has 0 radical (unpaired) electrons. The Bertz CT molecular complexity index is 593. The molecule has 0 aliphatic heterocycles. The van der Waals surface area contributed by atoms with Crippen molar-refractivity contribution < 1.29 is 18.3 Å². The quantitative estimate of drug-likeness (QED) is 0.886. The van der Waals surface area contributed by atoms with E-state index in [0.29, 0.717) is 10.0 Å². The van der Waals surface area contributed by atoms with Crippen molar-refractivity contribution >= 4 is 31.7 Å². The van der Waals surface area contributed by atoms with E-state index in [-0.39, 0.29) is 22.1 Å². The molecule has 19 heavy (non-hydrogen) atoms. The van der Waals surface area contributed by atoms with Crippen molar-refractivity contribution in [1.29, 1.82) is 0 Å². The van der Waals surface area contributed by atoms with E-state index in [1.54, 1.807) is 6.92 Å². The molecule has 1 aromatic rings. The van der Waals surface area contributed by atoms with Gasteiger partial charge in [0.1, 0.15) is 0 Å². The van der Waals surface area contributed by atoms with Crippen molar-refractivity contribution in [2.75, 3.05) is 5.75 Å². The molecule has 4 nitrogen and oxygen atoms in total. The maximum absolute atomic E-state index is 12.3. The van der Waals surface area contributed by atoms with Gasteiger partial charge in [-0.2, -0.15) is 0 Å². The number of hydrogen-bond donors (Lipinski definition) is 1. The Kier molecular flexibility index (Phi) is 5.15. The first kappa shape index (κ1) is 16.2. The third-order valence-corrected chi connectivity index (χ3v) is 6.01. The van der Waals surface area contributed by atoms with Crippen LogP contribution in [0.15, 0.2) is 21.5 Å². The Morgan fingerprint density at radius 3 is 2.47 bits per heavy atom. The van der Waals surface area contributed by atoms with Gasteiger partial charge in [0.25, 0.3) is 0 Å². The summed E-state index contributed by atoms with van der Waals surface area (Å²) in [4.78, 5) is 11.1. The number of aromatic carboxylic acids is 1. The van der Waals surface area contributed by atoms with Crippen LogP contribution in [0, 0.1) is 12.8 Å². The van der Waals surface area contributed by atoms with Gasteiger partial charge in [0.05, 0.1) is 16.2 Å². The van der Waals surface area contributed by atoms with Gasteiger partial charge in [0, 0.05) is 4.47 Å². The molecule has 0 saturated heterocycles. The minimum absolute atomic E-state index is 0.0276. The van der Waals surface area contributed by atoms with Gasteiger partial charge >= 0.3 is 5.97 Å². The molecule has 0 amide bonds. The number of sulfone groups is 1. The lowest BCUT2D eigenvalue weighted by Crippen LogP contribution is -2.15. The summed E-state index contributed by atoms with van der Waals surface area (Å²) < 4.78 is 25.2. The third kappa shape index (κ3) is 3.79. The Labute approximate surface area is 121 Å². The molecule has 0 fully saturated rings. The van der Waals surface area contributed by atoms with E-state index in [2.05, 4.69) is 15.9 Å². The second-order valence-corrected chi connectivity index (χ2v) is 7.54. The lowest BCUT2D eigenvalue weighted by Gasteiger charge is -2.13. The van der Waals surface area contributed by atoms with Gasteiger partial charge in [0.15, 0.2) is 9.84 Å². The topological polar surface area (TPSA) is 71.4 Å². The monoisotopic (exact) mass is 348 g/mol. The highest BCUT2D eigenvalue weighted by molar-refractivity contribution is 9.10. The highest BCUT2D eigenvalue weighted by atomic mass is 79.9. The number of halogens is 1. The largest absolute Gasteiger partial charge is 0.478 e. The molecule has 1 rings (SSSR count). The fraction of sp³-hybridized carbons (Fsp3) is 0.462. The fourth-order valence-corrected chi connectivity index (χ4v) is 4.32. The molecule has 1 aromatic carbocycles. The van der Waals surface area contributed by atoms with Crippen LogP contribution >= 0.6 is 15.9 Å². The molecule has 106 valence electrons. The van der Waals surface area contributed by atoms with Gasteiger partial charge in [-0.1, -0.05) is 36.2 Å². The Hall–Kier alpha value is -0.880. The summed E-state index contributed by atoms with van der Waals surface area (Å²) in [5.74, 6) is -1.07. The zero-order chi connectivity index (χ0) is 14.8. The van der Waals surface area contributed by atoms with E-state index in [1.165, 1.54) is 12.1 Å². The third-order valence-electron chi connectivity index (χ3n) is 3.08. The van der Waals surface area contributed by atoms with E-state index >= 15 is 0 Å². The summed E-state index contributed by atoms with van der Waals surface area (Å²) in [6.45, 7) is 5.46. The lowest BCUT2D eigenvalue weighted by atomic mass is 10.1. The number of carbonyl (C=O) groups is 1. The molecule has 1 unspecified atom stereocenters. The van der Waals surface area contributed by atoms with E-state index in [0.717, 1.165) is 6.42 Å². The molecule has 1 atom stereocenters. The summed E-state index contributed by atoms with van der Waals surface area (Å²) in [6, 6.07) is 2.65. The normalized spacial score (nSPS) is 13.3. The number of hydrogen-bond acceptors (Lipinski definition) is 3. The predicted molar refractivity (Wildman–Crippen MR) is 77.3 cm³/mol. The van der Waals surface area contributed by atoms with Crippen LogP contribution in [-0.2, 0) is 9.84 Å². The summed E-state index contributed by atoms with van der Waals surface area (Å²) in [5, 5.41) is 9.00. The van der Waals surface area contributed by atoms with E-state index in [4.69, 9.17) is 5.11 Å². The van der Waals surface area contributed by atoms with Crippen molar-refractivity contribution in [3.05, 3.63) is 27.7 Å². The van der Waals surface area contributed by atoms with Gasteiger partial charge in [0.2, 0.25) is 0 Å². The maximum Gasteiger partial charge on any atom is 0.335 e. The smallest absolute Gasteiger partial charge is 0.335 e. The predicted octanol–water partition coefficient (Wildman–Crippen LogP) is 3.28. The van der Waals surface area contributed by atoms with Crippen LogP contribution in [0.1, 0.15) is 36.2 Å². The molecular weight excluding hydrogens is 332 g/mol. The van der Waals surface area contributed by atoms with Crippen LogP contribution in [0.25, 0.3) is 0 Å². The molecular formula is C13H17BrO4S. The van der Waals surface area contributed by atoms with E-state index in [1.807, 2.05) is 13.8 Å². The molecule has 0 aliphatic carbocycles. The average Bonchev–Trinajstić information content (AvgIpc) is 2.31. The Balaban J connectivity index is 3.37. The lowest BCUT2D eigenvalue weighted by molar-refractivity contribution is 0.0696. The Morgan fingerprint density at radius 2 is 2.00 bits per heavy atom. The molecule has 0 saturated carbocycles. The minimum atomic E-state index is -3.47. The van der Waals surface area contributed by atoms with Gasteiger partial charge < -0.3 is 5.11 Å². The maximum atomic E-state index is 12.3. The van der Waals surface area contributed by atoms with Gasteiger partial charge in [-0.25, -0.2) is 13.2 Å². The molecule has 1 N–H and O–H groups in total. The Morgan fingerprint density at radius 1 is 1.42 bits per heavy atom. The highest BCUT2D eigenvalue weighted by Crippen LogP contribution is 2.27. The van der Waals surface area contributed by atoms with Gasteiger partial charge in [-0.05, 0) is 30.5 Å². The van der Waals surface area contributed by atoms with Gasteiger partial charge in [-0.15, -0.1) is 0 Å². The first-order valence-electron chi connectivity index (χ1n) is 5.95. The average molecular weight is 349 g/mol. The van der Waals surface area contributed by atoms with Crippen LogP contribution in [-0.4, -0.2) is 25.2 Å². The molecule has 0 spiro atoms. The van der Waals surface area contributed by atoms with Crippen LogP contribution in [0.5, 0.6) is 0 Å². The van der Waals surface area contributed by atoms with Crippen LogP contribution in [0.4, 0.5) is 0 Å². The highest BCUT2D eigenvalue weighted by Gasteiger charge is 2.23. The van der Waals surface area contributed by atoms with Crippen molar-refractivity contribution in [3.63, 3.8) is 0 Å². The number of benzene rings is 1. The standard InChI is InChI=1S/C13H17BrO4S/c1-4-8(2)7-19(17,18)12-6-10(13(15)16)5-11(14)9(12)3/h5-6,8H,4,7H2,1-3H3,(H,15,16). The number of rotatable bonds is 5. The molecule has 0 bridgehead atoms. The van der Waals surface area contributed by atoms with E-state index in [9.17, 15) is 13.2 Å². The molecule has 0 aromatic heterocycles. The second-order valence-electron chi connectivity index (χ2n) is 4.68. The summed E-state index contributed by atoms with van der Waals surface area (Å²) >= 11 is 3.21. The van der Waals surface area contributed by atoms with Crippen molar-refractivity contribution in [3.8, 4) is 0 Å². The van der Waals surface area contributed by atoms with E-state index < -0.39 is 15.8 Å². The van der Waals surface area contributed by atoms with Crippen LogP contribution in [0.2, 0.25) is 0 Å². The molecule has 0 heterocycles. The fourth-order valence-electron chi connectivity index (χ4n) is 1.68. The zero-order valence-electron chi connectivity index (χ0n) is 11.1. The van der Waals surface area contributed by atoms with Crippen LogP contribution < -0.4 is 0 Å². The van der Waals surface area contributed by atoms with Crippen molar-refractivity contribution in [2.45, 2.75) is 32.1 Å². The van der Waals surface area contributed by atoms with Gasteiger partial charge in [-0.3, -0.25) is 0 Å². The second kappa shape index (κ2) is 6.05. The first-order chi connectivity index (χ1) is 8.69. The van der Waals surface area contributed by atoms with Crippen molar-refractivity contribution in [1.82, 2.24) is 0 Å². The first-order valence-corrected chi connectivity index (χ1v) is 8.39. The van der Waals surface area contributed by atoms with Crippen molar-refractivity contribution in [2.24, 2.45) is 5.92 Å². The summed E-state index contributed by atoms with van der Waals surface area (Å²) in [6.07, 6.45) is 0.762. The molecule has 0 aliphatic rings. The summed E-state index contributed by atoms with van der Waals surface area (Å²) in [7, 11) is -3.47. The van der Waals surface area contributed by atoms with Crippen LogP contribution in [0.3, 0.4) is 0 Å². The summed E-state index contributed by atoms with van der Waals surface area (Å²) in [5.41, 5.74) is 0.522. The number of carboxylic acids is 1. The SMILES string of the molecule is CCC(C)CS(=O)(=O)c1cc(C(=O)O)cc(Br)c1C. The zero-order valence-corrected chi connectivity index (χ0v) is 13.5. The molecule has 6 heteroatoms. The number of carboxylic acid groups (broad SMARTS) is 1. The minimum Gasteiger partial charge on any atom is -0.478 e.